The monoisotopic (exact) mass is 326 g/mol. The third-order valence-corrected chi connectivity index (χ3v) is 2.01. The van der Waals surface area contributed by atoms with Crippen molar-refractivity contribution in [1.82, 2.24) is 4.98 Å². The van der Waals surface area contributed by atoms with E-state index in [0.717, 1.165) is 3.57 Å². The van der Waals surface area contributed by atoms with Gasteiger partial charge < -0.3 is 4.74 Å². The summed E-state index contributed by atoms with van der Waals surface area (Å²) < 4.78 is 27.9. The molecular weight excluding hydrogens is 323 g/mol. The highest BCUT2D eigenvalue weighted by Gasteiger charge is 2.04. The number of halogens is 1. The Bertz CT molecular complexity index is 476. The van der Waals surface area contributed by atoms with Crippen LogP contribution in [0.1, 0.15) is 0 Å². The van der Waals surface area contributed by atoms with E-state index >= 15 is 0 Å². The predicted octanol–water partition coefficient (Wildman–Crippen LogP) is 1.25. The second-order valence-electron chi connectivity index (χ2n) is 1.99. The van der Waals surface area contributed by atoms with Gasteiger partial charge in [-0.3, -0.25) is 0 Å². The molecule has 0 spiro atoms. The van der Waals surface area contributed by atoms with E-state index in [1.54, 1.807) is 6.07 Å². The summed E-state index contributed by atoms with van der Waals surface area (Å²) in [6.45, 7) is 0. The van der Waals surface area contributed by atoms with Crippen molar-refractivity contribution in [2.75, 3.05) is 0 Å². The van der Waals surface area contributed by atoms with E-state index in [4.69, 9.17) is 0 Å². The Hall–Kier alpha value is -1.03. The molecule has 0 unspecified atom stereocenters. The van der Waals surface area contributed by atoms with Crippen LogP contribution >= 0.6 is 22.6 Å². The molecule has 0 bridgehead atoms. The first-order valence-electron chi connectivity index (χ1n) is 3.22. The predicted molar refractivity (Wildman–Crippen MR) is 54.3 cm³/mol. The third-order valence-electron chi connectivity index (χ3n) is 1.04. The standard InChI is InChI=1S/C6H3IN2O4S/c7-4-1-2-8-5(3-4)13-6(10)9-14(11)12/h1-3H. The van der Waals surface area contributed by atoms with Crippen molar-refractivity contribution >= 4 is 39.2 Å². The van der Waals surface area contributed by atoms with E-state index in [0.29, 0.717) is 0 Å². The molecule has 0 fully saturated rings. The van der Waals surface area contributed by atoms with Gasteiger partial charge in [0.05, 0.1) is 0 Å². The van der Waals surface area contributed by atoms with Crippen LogP contribution in [-0.2, 0) is 10.5 Å². The molecule has 1 rings (SSSR count). The first kappa shape index (κ1) is 11.0. The van der Waals surface area contributed by atoms with E-state index in [-0.39, 0.29) is 5.88 Å². The molecule has 74 valence electrons. The van der Waals surface area contributed by atoms with Gasteiger partial charge in [-0.25, -0.2) is 9.78 Å². The van der Waals surface area contributed by atoms with Crippen LogP contribution in [0, 0.1) is 3.57 Å². The van der Waals surface area contributed by atoms with Gasteiger partial charge in [0.1, 0.15) is 0 Å². The average molecular weight is 326 g/mol. The van der Waals surface area contributed by atoms with Crippen LogP contribution in [0.5, 0.6) is 5.88 Å². The van der Waals surface area contributed by atoms with Crippen LogP contribution in [0.3, 0.4) is 0 Å². The second-order valence-corrected chi connectivity index (χ2v) is 3.85. The van der Waals surface area contributed by atoms with Crippen LogP contribution in [-0.4, -0.2) is 19.5 Å². The van der Waals surface area contributed by atoms with Crippen molar-refractivity contribution in [1.29, 1.82) is 0 Å². The van der Waals surface area contributed by atoms with E-state index in [2.05, 4.69) is 14.1 Å². The van der Waals surface area contributed by atoms with Gasteiger partial charge in [0.2, 0.25) is 5.88 Å². The minimum absolute atomic E-state index is 0.0103. The lowest BCUT2D eigenvalue weighted by Crippen LogP contribution is -2.02. The Kier molecular flexibility index (Phi) is 3.95. The molecule has 1 heterocycles. The van der Waals surface area contributed by atoms with Crippen molar-refractivity contribution < 1.29 is 17.9 Å². The fourth-order valence-electron chi connectivity index (χ4n) is 0.610. The van der Waals surface area contributed by atoms with Gasteiger partial charge in [-0.2, -0.15) is 8.42 Å². The van der Waals surface area contributed by atoms with Crippen molar-refractivity contribution in [3.8, 4) is 5.88 Å². The third kappa shape index (κ3) is 3.79. The van der Waals surface area contributed by atoms with Crippen molar-refractivity contribution in [3.05, 3.63) is 21.9 Å². The highest BCUT2D eigenvalue weighted by Crippen LogP contribution is 2.11. The summed E-state index contributed by atoms with van der Waals surface area (Å²) in [7, 11) is -2.80. The molecule has 0 saturated carbocycles. The maximum atomic E-state index is 10.7. The Morgan fingerprint density at radius 3 is 2.86 bits per heavy atom. The Morgan fingerprint density at radius 1 is 1.57 bits per heavy atom. The number of hydrogen-bond donors (Lipinski definition) is 0. The second kappa shape index (κ2) is 5.00. The summed E-state index contributed by atoms with van der Waals surface area (Å²) in [5.41, 5.74) is 0. The fraction of sp³-hybridized carbons (Fsp3) is 0. The molecule has 0 N–H and O–H groups in total. The van der Waals surface area contributed by atoms with Crippen LogP contribution in [0.2, 0.25) is 0 Å². The summed E-state index contributed by atoms with van der Waals surface area (Å²) in [6, 6.07) is 3.17. The first-order chi connectivity index (χ1) is 6.58. The number of pyridine rings is 1. The molecule has 1 aromatic heterocycles. The molecule has 0 radical (unpaired) electrons. The Morgan fingerprint density at radius 2 is 2.29 bits per heavy atom. The Balaban J connectivity index is 2.80. The summed E-state index contributed by atoms with van der Waals surface area (Å²) in [5.74, 6) is 0.0103. The van der Waals surface area contributed by atoms with E-state index in [9.17, 15) is 13.2 Å². The quantitative estimate of drug-likeness (QED) is 0.725. The Labute approximate surface area is 94.1 Å². The molecule has 0 aromatic carbocycles. The van der Waals surface area contributed by atoms with Gasteiger partial charge in [0.25, 0.3) is 0 Å². The minimum Gasteiger partial charge on any atom is -0.389 e. The molecule has 0 atom stereocenters. The lowest BCUT2D eigenvalue weighted by Gasteiger charge is -1.97. The number of amides is 1. The lowest BCUT2D eigenvalue weighted by molar-refractivity contribution is 0.210. The number of carbonyl (C=O) groups excluding carboxylic acids is 1. The minimum atomic E-state index is -2.80. The molecule has 0 aliphatic carbocycles. The topological polar surface area (TPSA) is 85.7 Å². The lowest BCUT2D eigenvalue weighted by atomic mass is 10.5. The number of carbonyl (C=O) groups is 1. The van der Waals surface area contributed by atoms with Crippen LogP contribution < -0.4 is 4.74 Å². The van der Waals surface area contributed by atoms with Crippen LogP contribution in [0.4, 0.5) is 4.79 Å². The molecule has 8 heteroatoms. The van der Waals surface area contributed by atoms with Gasteiger partial charge in [0, 0.05) is 15.8 Å². The van der Waals surface area contributed by atoms with E-state index in [1.807, 2.05) is 22.6 Å². The zero-order valence-electron chi connectivity index (χ0n) is 6.55. The number of aromatic nitrogens is 1. The normalized spacial score (nSPS) is 9.21. The molecule has 6 nitrogen and oxygen atoms in total. The van der Waals surface area contributed by atoms with Gasteiger partial charge >= 0.3 is 16.6 Å². The summed E-state index contributed by atoms with van der Waals surface area (Å²) in [4.78, 5) is 14.4. The van der Waals surface area contributed by atoms with Gasteiger partial charge in [0.15, 0.2) is 0 Å². The molecule has 0 saturated heterocycles. The maximum absolute atomic E-state index is 10.7. The van der Waals surface area contributed by atoms with Gasteiger partial charge in [-0.15, -0.1) is 0 Å². The average Bonchev–Trinajstić information content (AvgIpc) is 2.01. The molecule has 1 amide bonds. The van der Waals surface area contributed by atoms with Crippen molar-refractivity contribution in [2.24, 2.45) is 4.36 Å². The zero-order valence-corrected chi connectivity index (χ0v) is 9.52. The fourth-order valence-corrected chi connectivity index (χ4v) is 1.20. The first-order valence-corrected chi connectivity index (χ1v) is 5.33. The zero-order chi connectivity index (χ0) is 10.6. The van der Waals surface area contributed by atoms with Crippen molar-refractivity contribution in [2.45, 2.75) is 0 Å². The summed E-state index contributed by atoms with van der Waals surface area (Å²) in [6.07, 6.45) is 0.214. The summed E-state index contributed by atoms with van der Waals surface area (Å²) in [5, 5.41) is 0. The summed E-state index contributed by atoms with van der Waals surface area (Å²) >= 11 is 1.99. The van der Waals surface area contributed by atoms with E-state index in [1.165, 1.54) is 12.3 Å². The van der Waals surface area contributed by atoms with Gasteiger partial charge in [-0.05, 0) is 28.7 Å². The molecule has 1 aromatic rings. The molecule has 0 aliphatic heterocycles. The SMILES string of the molecule is O=C(N=S(=O)=O)Oc1cc(I)ccn1. The largest absolute Gasteiger partial charge is 0.455 e. The highest BCUT2D eigenvalue weighted by molar-refractivity contribution is 14.1. The van der Waals surface area contributed by atoms with E-state index < -0.39 is 16.6 Å². The number of nitrogens with zero attached hydrogens (tertiary/aromatic N) is 2. The van der Waals surface area contributed by atoms with Crippen LogP contribution in [0.15, 0.2) is 22.7 Å². The molecule has 14 heavy (non-hydrogen) atoms. The number of rotatable bonds is 1. The molecular formula is C6H3IN2O4S. The number of ether oxygens (including phenoxy) is 1. The van der Waals surface area contributed by atoms with Crippen LogP contribution in [0.25, 0.3) is 0 Å². The van der Waals surface area contributed by atoms with Gasteiger partial charge in [-0.1, -0.05) is 4.36 Å². The maximum Gasteiger partial charge on any atom is 0.455 e. The smallest absolute Gasteiger partial charge is 0.389 e. The highest BCUT2D eigenvalue weighted by atomic mass is 127. The van der Waals surface area contributed by atoms with Crippen molar-refractivity contribution in [3.63, 3.8) is 0 Å². The molecule has 0 aliphatic rings. The number of hydrogen-bond acceptors (Lipinski definition) is 5.